The Morgan fingerprint density at radius 3 is 2.55 bits per heavy atom. The quantitative estimate of drug-likeness (QED) is 0.566. The molecule has 2 aromatic carbocycles. The van der Waals surface area contributed by atoms with Crippen molar-refractivity contribution in [3.05, 3.63) is 83.2 Å². The first kappa shape index (κ1) is 14.6. The van der Waals surface area contributed by atoms with E-state index in [0.29, 0.717) is 6.61 Å². The van der Waals surface area contributed by atoms with E-state index in [0.717, 1.165) is 11.3 Å². The molecule has 0 atom stereocenters. The lowest BCUT2D eigenvalue weighted by molar-refractivity contribution is 0.306. The van der Waals surface area contributed by atoms with Crippen LogP contribution in [0.3, 0.4) is 0 Å². The number of benzene rings is 2. The van der Waals surface area contributed by atoms with Gasteiger partial charge in [0.1, 0.15) is 12.4 Å². The summed E-state index contributed by atoms with van der Waals surface area (Å²) in [7, 11) is 0. The molecule has 0 saturated heterocycles. The van der Waals surface area contributed by atoms with E-state index < -0.39 is 0 Å². The van der Waals surface area contributed by atoms with Crippen LogP contribution in [-0.2, 0) is 6.61 Å². The maximum Gasteiger partial charge on any atom is 0.121 e. The number of hydrogen-bond donors (Lipinski definition) is 0. The molecule has 0 spiro atoms. The van der Waals surface area contributed by atoms with Crippen LogP contribution in [-0.4, -0.2) is 0 Å². The Morgan fingerprint density at radius 2 is 1.86 bits per heavy atom. The van der Waals surface area contributed by atoms with Gasteiger partial charge in [0.15, 0.2) is 0 Å². The van der Waals surface area contributed by atoms with Crippen molar-refractivity contribution in [1.29, 1.82) is 0 Å². The molecule has 0 saturated carbocycles. The summed E-state index contributed by atoms with van der Waals surface area (Å²) >= 11 is 1.79. The average Bonchev–Trinajstić information content (AvgIpc) is 3.00. The van der Waals surface area contributed by atoms with Gasteiger partial charge in [-0.25, -0.2) is 0 Å². The van der Waals surface area contributed by atoms with Crippen LogP contribution in [0.25, 0.3) is 16.5 Å². The third-order valence-electron chi connectivity index (χ3n) is 3.44. The van der Waals surface area contributed by atoms with Gasteiger partial charge in [0.05, 0.1) is 0 Å². The number of rotatable bonds is 5. The Hall–Kier alpha value is -2.32. The topological polar surface area (TPSA) is 9.23 Å². The van der Waals surface area contributed by atoms with E-state index >= 15 is 0 Å². The first-order valence-corrected chi connectivity index (χ1v) is 8.07. The van der Waals surface area contributed by atoms with E-state index in [9.17, 15) is 0 Å². The largest absolute Gasteiger partial charge is 0.489 e. The predicted molar refractivity (Wildman–Crippen MR) is 95.4 cm³/mol. The molecular weight excluding hydrogens is 288 g/mol. The van der Waals surface area contributed by atoms with Crippen LogP contribution in [0.2, 0.25) is 0 Å². The predicted octanol–water partition coefficient (Wildman–Crippen LogP) is 5.95. The third kappa shape index (κ3) is 3.46. The van der Waals surface area contributed by atoms with Crippen LogP contribution in [0.1, 0.15) is 16.0 Å². The number of ether oxygens (including phenoxy) is 1. The minimum Gasteiger partial charge on any atom is -0.489 e. The highest BCUT2D eigenvalue weighted by Gasteiger charge is 2.05. The Kier molecular flexibility index (Phi) is 4.40. The molecule has 0 bridgehead atoms. The first-order valence-electron chi connectivity index (χ1n) is 7.25. The molecule has 1 nitrogen and oxygen atoms in total. The minimum absolute atomic E-state index is 0.574. The Labute approximate surface area is 135 Å². The Bertz CT molecular complexity index is 771. The van der Waals surface area contributed by atoms with Gasteiger partial charge < -0.3 is 4.74 Å². The molecule has 0 aliphatic carbocycles. The lowest BCUT2D eigenvalue weighted by Gasteiger charge is -2.09. The summed E-state index contributed by atoms with van der Waals surface area (Å²) in [5.41, 5.74) is 3.42. The fourth-order valence-corrected chi connectivity index (χ4v) is 3.15. The molecule has 0 amide bonds. The monoisotopic (exact) mass is 306 g/mol. The van der Waals surface area contributed by atoms with Gasteiger partial charge in [0.25, 0.3) is 0 Å². The average molecular weight is 306 g/mol. The summed E-state index contributed by atoms with van der Waals surface area (Å²) in [4.78, 5) is 2.57. The maximum atomic E-state index is 5.96. The summed E-state index contributed by atoms with van der Waals surface area (Å²) < 4.78 is 5.96. The first-order chi connectivity index (χ1) is 10.7. The molecule has 2 heteroatoms. The number of aryl methyl sites for hydroxylation is 1. The van der Waals surface area contributed by atoms with Crippen molar-refractivity contribution in [3.8, 4) is 16.2 Å². The van der Waals surface area contributed by atoms with Gasteiger partial charge in [0.2, 0.25) is 0 Å². The SMILES string of the molecule is C=Cc1cc(OCc2ccccc2)cc(-c2ccc(C)s2)c1. The number of hydrogen-bond acceptors (Lipinski definition) is 2. The zero-order valence-electron chi connectivity index (χ0n) is 12.6. The highest BCUT2D eigenvalue weighted by molar-refractivity contribution is 7.15. The summed E-state index contributed by atoms with van der Waals surface area (Å²) in [5, 5.41) is 0. The van der Waals surface area contributed by atoms with Crippen molar-refractivity contribution in [3.63, 3.8) is 0 Å². The van der Waals surface area contributed by atoms with E-state index in [1.54, 1.807) is 11.3 Å². The van der Waals surface area contributed by atoms with Gasteiger partial charge in [-0.05, 0) is 53.9 Å². The van der Waals surface area contributed by atoms with Crippen molar-refractivity contribution in [2.75, 3.05) is 0 Å². The Morgan fingerprint density at radius 1 is 1.05 bits per heavy atom. The van der Waals surface area contributed by atoms with E-state index in [2.05, 4.69) is 49.9 Å². The van der Waals surface area contributed by atoms with Crippen molar-refractivity contribution >= 4 is 17.4 Å². The fourth-order valence-electron chi connectivity index (χ4n) is 2.30. The van der Waals surface area contributed by atoms with E-state index in [4.69, 9.17) is 4.74 Å². The van der Waals surface area contributed by atoms with Crippen LogP contribution in [0.15, 0.2) is 67.2 Å². The van der Waals surface area contributed by atoms with Crippen LogP contribution in [0, 0.1) is 6.92 Å². The second-order valence-electron chi connectivity index (χ2n) is 5.18. The molecule has 1 heterocycles. The molecule has 110 valence electrons. The summed E-state index contributed by atoms with van der Waals surface area (Å²) in [6.07, 6.45) is 1.86. The van der Waals surface area contributed by atoms with Crippen LogP contribution < -0.4 is 4.74 Å². The van der Waals surface area contributed by atoms with Gasteiger partial charge in [-0.1, -0.05) is 43.0 Å². The minimum atomic E-state index is 0.574. The third-order valence-corrected chi connectivity index (χ3v) is 4.49. The Balaban J connectivity index is 1.86. The normalized spacial score (nSPS) is 10.4. The van der Waals surface area contributed by atoms with Crippen LogP contribution in [0.4, 0.5) is 0 Å². The van der Waals surface area contributed by atoms with Gasteiger partial charge >= 0.3 is 0 Å². The molecule has 0 unspecified atom stereocenters. The van der Waals surface area contributed by atoms with E-state index in [-0.39, 0.29) is 0 Å². The second kappa shape index (κ2) is 6.63. The summed E-state index contributed by atoms with van der Waals surface area (Å²) in [6, 6.07) is 20.8. The van der Waals surface area contributed by atoms with E-state index in [1.165, 1.54) is 20.9 Å². The summed E-state index contributed by atoms with van der Waals surface area (Å²) in [6.45, 7) is 6.58. The molecule has 0 N–H and O–H groups in total. The molecular formula is C20H18OS. The molecule has 0 radical (unpaired) electrons. The molecule has 0 aliphatic heterocycles. The highest BCUT2D eigenvalue weighted by Crippen LogP contribution is 2.32. The highest BCUT2D eigenvalue weighted by atomic mass is 32.1. The van der Waals surface area contributed by atoms with Gasteiger partial charge in [-0.2, -0.15) is 0 Å². The molecule has 3 rings (SSSR count). The van der Waals surface area contributed by atoms with E-state index in [1.807, 2.05) is 30.3 Å². The smallest absolute Gasteiger partial charge is 0.121 e. The van der Waals surface area contributed by atoms with Gasteiger partial charge in [-0.3, -0.25) is 0 Å². The second-order valence-corrected chi connectivity index (χ2v) is 6.47. The molecule has 22 heavy (non-hydrogen) atoms. The summed E-state index contributed by atoms with van der Waals surface area (Å²) in [5.74, 6) is 0.877. The van der Waals surface area contributed by atoms with Crippen molar-refractivity contribution < 1.29 is 4.74 Å². The lowest BCUT2D eigenvalue weighted by atomic mass is 10.1. The van der Waals surface area contributed by atoms with Gasteiger partial charge in [0, 0.05) is 9.75 Å². The van der Waals surface area contributed by atoms with Crippen LogP contribution in [0.5, 0.6) is 5.75 Å². The molecule has 0 aliphatic rings. The molecule has 0 fully saturated rings. The standard InChI is InChI=1S/C20H18OS/c1-3-16-11-18(20-10-9-15(2)22-20)13-19(12-16)21-14-17-7-5-4-6-8-17/h3-13H,1,14H2,2H3. The van der Waals surface area contributed by atoms with Crippen molar-refractivity contribution in [1.82, 2.24) is 0 Å². The maximum absolute atomic E-state index is 5.96. The van der Waals surface area contributed by atoms with Crippen molar-refractivity contribution in [2.45, 2.75) is 13.5 Å². The van der Waals surface area contributed by atoms with Crippen molar-refractivity contribution in [2.24, 2.45) is 0 Å². The zero-order valence-corrected chi connectivity index (χ0v) is 13.4. The van der Waals surface area contributed by atoms with Gasteiger partial charge in [-0.15, -0.1) is 11.3 Å². The zero-order chi connectivity index (χ0) is 15.4. The number of thiophene rings is 1. The fraction of sp³-hybridized carbons (Fsp3) is 0.100. The van der Waals surface area contributed by atoms with Crippen LogP contribution >= 0.6 is 11.3 Å². The molecule has 1 aromatic heterocycles. The molecule has 3 aromatic rings. The lowest BCUT2D eigenvalue weighted by Crippen LogP contribution is -1.95.